The summed E-state index contributed by atoms with van der Waals surface area (Å²) in [7, 11) is -0.416. The van der Waals surface area contributed by atoms with E-state index in [0.717, 1.165) is 11.8 Å². The van der Waals surface area contributed by atoms with Crippen molar-refractivity contribution >= 4 is 37.3 Å². The van der Waals surface area contributed by atoms with Crippen molar-refractivity contribution in [3.63, 3.8) is 0 Å². The second-order valence-corrected chi connectivity index (χ2v) is 9.61. The van der Waals surface area contributed by atoms with Gasteiger partial charge < -0.3 is 18.8 Å². The van der Waals surface area contributed by atoms with Gasteiger partial charge in [0.2, 0.25) is 0 Å². The van der Waals surface area contributed by atoms with Gasteiger partial charge in [0.15, 0.2) is 14.6 Å². The summed E-state index contributed by atoms with van der Waals surface area (Å²) >= 11 is 1.24. The predicted molar refractivity (Wildman–Crippen MR) is 119 cm³/mol. The second kappa shape index (κ2) is 9.63. The molecule has 0 aliphatic heterocycles. The molecule has 1 heterocycles. The van der Waals surface area contributed by atoms with Crippen LogP contribution in [-0.4, -0.2) is 52.6 Å². The Hall–Kier alpha value is -2.69. The fraction of sp³-hybridized carbons (Fsp3) is 0.333. The summed E-state index contributed by atoms with van der Waals surface area (Å²) in [5.41, 5.74) is 0.994. The summed E-state index contributed by atoms with van der Waals surface area (Å²) in [4.78, 5) is 18.1. The highest BCUT2D eigenvalue weighted by molar-refractivity contribution is 7.90. The molecule has 1 amide bonds. The minimum absolute atomic E-state index is 0.211. The van der Waals surface area contributed by atoms with Crippen molar-refractivity contribution in [2.45, 2.75) is 18.4 Å². The number of hydrogen-bond donors (Lipinski definition) is 0. The molecule has 0 bridgehead atoms. The van der Waals surface area contributed by atoms with Crippen LogP contribution in [0.4, 0.5) is 0 Å². The molecule has 8 nitrogen and oxygen atoms in total. The molecule has 0 unspecified atom stereocenters. The molecule has 3 aromatic rings. The molecule has 0 spiro atoms. The molecular formula is C21H24N2O6S2. The highest BCUT2D eigenvalue weighted by Gasteiger charge is 2.19. The SMILES string of the molecule is CCOCCn1c(=NC(=O)c2c(OC)cccc2OC)sc2cc(S(C)(=O)=O)ccc21. The van der Waals surface area contributed by atoms with Crippen molar-refractivity contribution in [2.75, 3.05) is 33.7 Å². The first-order valence-electron chi connectivity index (χ1n) is 9.51. The maximum atomic E-state index is 13.1. The number of sulfone groups is 1. The largest absolute Gasteiger partial charge is 0.496 e. The van der Waals surface area contributed by atoms with Gasteiger partial charge >= 0.3 is 0 Å². The fourth-order valence-electron chi connectivity index (χ4n) is 3.09. The van der Waals surface area contributed by atoms with E-state index in [-0.39, 0.29) is 10.5 Å². The lowest BCUT2D eigenvalue weighted by molar-refractivity contribution is 0.0990. The molecule has 0 N–H and O–H groups in total. The van der Waals surface area contributed by atoms with Gasteiger partial charge in [0, 0.05) is 19.4 Å². The molecule has 3 rings (SSSR count). The van der Waals surface area contributed by atoms with Gasteiger partial charge in [-0.05, 0) is 37.3 Å². The first-order valence-corrected chi connectivity index (χ1v) is 12.2. The van der Waals surface area contributed by atoms with Crippen molar-refractivity contribution in [2.24, 2.45) is 4.99 Å². The van der Waals surface area contributed by atoms with E-state index in [4.69, 9.17) is 14.2 Å². The van der Waals surface area contributed by atoms with Gasteiger partial charge in [0.25, 0.3) is 5.91 Å². The number of carbonyl (C=O) groups is 1. The number of fused-ring (bicyclic) bond motifs is 1. The third-order valence-electron chi connectivity index (χ3n) is 4.58. The summed E-state index contributed by atoms with van der Waals surface area (Å²) in [5, 5.41) is 0. The van der Waals surface area contributed by atoms with E-state index < -0.39 is 15.7 Å². The van der Waals surface area contributed by atoms with Gasteiger partial charge in [-0.1, -0.05) is 17.4 Å². The van der Waals surface area contributed by atoms with Crippen LogP contribution in [0.15, 0.2) is 46.3 Å². The molecule has 10 heteroatoms. The topological polar surface area (TPSA) is 96.2 Å². The van der Waals surface area contributed by atoms with Crippen LogP contribution >= 0.6 is 11.3 Å². The van der Waals surface area contributed by atoms with Crippen LogP contribution in [0, 0.1) is 0 Å². The number of methoxy groups -OCH3 is 2. The Morgan fingerprint density at radius 3 is 2.39 bits per heavy atom. The fourth-order valence-corrected chi connectivity index (χ4v) is 4.91. The molecule has 166 valence electrons. The lowest BCUT2D eigenvalue weighted by atomic mass is 10.1. The van der Waals surface area contributed by atoms with Crippen molar-refractivity contribution in [1.82, 2.24) is 4.57 Å². The van der Waals surface area contributed by atoms with Crippen LogP contribution < -0.4 is 14.3 Å². The van der Waals surface area contributed by atoms with E-state index in [1.165, 1.54) is 25.6 Å². The molecule has 2 aromatic carbocycles. The number of carbonyl (C=O) groups excluding carboxylic acids is 1. The van der Waals surface area contributed by atoms with Crippen LogP contribution in [0.5, 0.6) is 11.5 Å². The summed E-state index contributed by atoms with van der Waals surface area (Å²) < 4.78 is 42.6. The normalized spacial score (nSPS) is 12.3. The lowest BCUT2D eigenvalue weighted by Gasteiger charge is -2.10. The first kappa shape index (κ1) is 23.0. The average molecular weight is 465 g/mol. The van der Waals surface area contributed by atoms with Crippen LogP contribution in [0.2, 0.25) is 0 Å². The van der Waals surface area contributed by atoms with E-state index in [1.807, 2.05) is 11.5 Å². The zero-order chi connectivity index (χ0) is 22.6. The number of aromatic nitrogens is 1. The Morgan fingerprint density at radius 2 is 1.81 bits per heavy atom. The third kappa shape index (κ3) is 4.97. The molecule has 31 heavy (non-hydrogen) atoms. The maximum absolute atomic E-state index is 13.1. The number of nitrogens with zero attached hydrogens (tertiary/aromatic N) is 2. The first-order chi connectivity index (χ1) is 14.8. The number of thiazole rings is 1. The number of benzene rings is 2. The summed E-state index contributed by atoms with van der Waals surface area (Å²) in [6.07, 6.45) is 1.16. The molecule has 0 atom stereocenters. The van der Waals surface area contributed by atoms with E-state index in [0.29, 0.717) is 40.8 Å². The predicted octanol–water partition coefficient (Wildman–Crippen LogP) is 2.90. The van der Waals surface area contributed by atoms with Gasteiger partial charge in [-0.25, -0.2) is 8.42 Å². The van der Waals surface area contributed by atoms with Gasteiger partial charge in [-0.2, -0.15) is 4.99 Å². The Bertz CT molecular complexity index is 1250. The molecule has 0 saturated heterocycles. The number of hydrogen-bond acceptors (Lipinski definition) is 7. The van der Waals surface area contributed by atoms with E-state index in [9.17, 15) is 13.2 Å². The highest BCUT2D eigenvalue weighted by Crippen LogP contribution is 2.29. The third-order valence-corrected chi connectivity index (χ3v) is 6.74. The van der Waals surface area contributed by atoms with E-state index in [2.05, 4.69) is 4.99 Å². The van der Waals surface area contributed by atoms with Crippen LogP contribution in [0.3, 0.4) is 0 Å². The van der Waals surface area contributed by atoms with Gasteiger partial charge in [0.05, 0.1) is 35.9 Å². The average Bonchev–Trinajstić information content (AvgIpc) is 3.08. The Balaban J connectivity index is 2.19. The van der Waals surface area contributed by atoms with E-state index in [1.54, 1.807) is 36.4 Å². The van der Waals surface area contributed by atoms with Gasteiger partial charge in [-0.3, -0.25) is 4.79 Å². The molecule has 0 radical (unpaired) electrons. The summed E-state index contributed by atoms with van der Waals surface area (Å²) in [6.45, 7) is 3.35. The molecule has 1 aromatic heterocycles. The van der Waals surface area contributed by atoms with Crippen LogP contribution in [0.1, 0.15) is 17.3 Å². The molecule has 0 aliphatic rings. The monoisotopic (exact) mass is 464 g/mol. The van der Waals surface area contributed by atoms with E-state index >= 15 is 0 Å². The lowest BCUT2D eigenvalue weighted by Crippen LogP contribution is -2.20. The van der Waals surface area contributed by atoms with Gasteiger partial charge in [-0.15, -0.1) is 0 Å². The van der Waals surface area contributed by atoms with Crippen molar-refractivity contribution in [3.8, 4) is 11.5 Å². The second-order valence-electron chi connectivity index (χ2n) is 6.59. The van der Waals surface area contributed by atoms with Crippen LogP contribution in [0.25, 0.3) is 10.2 Å². The number of ether oxygens (including phenoxy) is 3. The zero-order valence-electron chi connectivity index (χ0n) is 17.7. The summed E-state index contributed by atoms with van der Waals surface area (Å²) in [5.74, 6) is 0.193. The zero-order valence-corrected chi connectivity index (χ0v) is 19.4. The standard InChI is InChI=1S/C21H24N2O6S2/c1-5-29-12-11-23-15-10-9-14(31(4,25)26)13-18(15)30-21(23)22-20(24)19-16(27-2)7-6-8-17(19)28-3/h6-10,13H,5,11-12H2,1-4H3. The molecule has 0 aliphatic carbocycles. The number of amides is 1. The van der Waals surface area contributed by atoms with Gasteiger partial charge in [0.1, 0.15) is 17.1 Å². The number of rotatable bonds is 8. The molecule has 0 fully saturated rings. The quantitative estimate of drug-likeness (QED) is 0.476. The Kier molecular flexibility index (Phi) is 7.14. The van der Waals surface area contributed by atoms with Crippen molar-refractivity contribution in [1.29, 1.82) is 0 Å². The smallest absolute Gasteiger partial charge is 0.287 e. The Labute approximate surface area is 184 Å². The molecular weight excluding hydrogens is 440 g/mol. The summed E-state index contributed by atoms with van der Waals surface area (Å²) in [6, 6.07) is 9.93. The van der Waals surface area contributed by atoms with Crippen molar-refractivity contribution < 1.29 is 27.4 Å². The minimum atomic E-state index is -3.36. The highest BCUT2D eigenvalue weighted by atomic mass is 32.2. The maximum Gasteiger partial charge on any atom is 0.287 e. The van der Waals surface area contributed by atoms with Crippen molar-refractivity contribution in [3.05, 3.63) is 46.8 Å². The minimum Gasteiger partial charge on any atom is -0.496 e. The molecule has 0 saturated carbocycles. The van der Waals surface area contributed by atoms with Crippen LogP contribution in [-0.2, 0) is 21.1 Å². The Morgan fingerprint density at radius 1 is 1.13 bits per heavy atom.